The number of hydrogen-bond donors (Lipinski definition) is 0. The summed E-state index contributed by atoms with van der Waals surface area (Å²) in [6.45, 7) is 6.16. The van der Waals surface area contributed by atoms with Crippen molar-refractivity contribution < 1.29 is 4.79 Å². The van der Waals surface area contributed by atoms with Crippen LogP contribution in [0.15, 0.2) is 11.4 Å². The van der Waals surface area contributed by atoms with Gasteiger partial charge < -0.3 is 0 Å². The fourth-order valence-electron chi connectivity index (χ4n) is 1.08. The summed E-state index contributed by atoms with van der Waals surface area (Å²) in [7, 11) is 0. The van der Waals surface area contributed by atoms with Crippen molar-refractivity contribution in [2.75, 3.05) is 0 Å². The number of carbonyl (C=O) groups excluding carboxylic acids is 1. The molecule has 12 heavy (non-hydrogen) atoms. The van der Waals surface area contributed by atoms with Crippen molar-refractivity contribution >= 4 is 17.1 Å². The Bertz CT molecular complexity index is 273. The first-order chi connectivity index (χ1) is 5.59. The van der Waals surface area contributed by atoms with Crippen molar-refractivity contribution in [3.05, 3.63) is 21.9 Å². The van der Waals surface area contributed by atoms with E-state index in [0.29, 0.717) is 12.3 Å². The van der Waals surface area contributed by atoms with E-state index >= 15 is 0 Å². The van der Waals surface area contributed by atoms with Gasteiger partial charge in [0.1, 0.15) is 0 Å². The lowest BCUT2D eigenvalue weighted by Gasteiger charge is -2.00. The van der Waals surface area contributed by atoms with Crippen LogP contribution in [0.25, 0.3) is 0 Å². The molecule has 1 heterocycles. The maximum atomic E-state index is 11.5. The number of carbonyl (C=O) groups is 1. The first kappa shape index (κ1) is 9.46. The van der Waals surface area contributed by atoms with Gasteiger partial charge in [-0.25, -0.2) is 0 Å². The molecule has 0 aliphatic rings. The Kier molecular flexibility index (Phi) is 3.04. The zero-order chi connectivity index (χ0) is 9.14. The van der Waals surface area contributed by atoms with Crippen molar-refractivity contribution in [2.45, 2.75) is 27.2 Å². The molecule has 0 amide bonds. The summed E-state index contributed by atoms with van der Waals surface area (Å²) < 4.78 is 0. The molecule has 66 valence electrons. The van der Waals surface area contributed by atoms with Crippen molar-refractivity contribution in [2.24, 2.45) is 5.92 Å². The Labute approximate surface area is 77.4 Å². The molecule has 0 saturated carbocycles. The van der Waals surface area contributed by atoms with Crippen LogP contribution in [0.2, 0.25) is 0 Å². The predicted octanol–water partition coefficient (Wildman–Crippen LogP) is 3.29. The predicted molar refractivity (Wildman–Crippen MR) is 52.8 cm³/mol. The van der Waals surface area contributed by atoms with Gasteiger partial charge in [-0.1, -0.05) is 13.8 Å². The molecule has 1 nitrogen and oxygen atoms in total. The molecule has 0 spiro atoms. The summed E-state index contributed by atoms with van der Waals surface area (Å²) in [6, 6.07) is 1.97. The maximum absolute atomic E-state index is 11.5. The van der Waals surface area contributed by atoms with Gasteiger partial charge in [0.15, 0.2) is 5.78 Å². The van der Waals surface area contributed by atoms with Gasteiger partial charge in [-0.15, -0.1) is 11.3 Å². The van der Waals surface area contributed by atoms with Crippen molar-refractivity contribution in [1.29, 1.82) is 0 Å². The summed E-state index contributed by atoms with van der Waals surface area (Å²) in [5, 5.41) is 1.94. The van der Waals surface area contributed by atoms with Crippen LogP contribution in [0.4, 0.5) is 0 Å². The first-order valence-corrected chi connectivity index (χ1v) is 5.06. The third kappa shape index (κ3) is 2.45. The van der Waals surface area contributed by atoms with Gasteiger partial charge in [0.25, 0.3) is 0 Å². The lowest BCUT2D eigenvalue weighted by atomic mass is 10.0. The van der Waals surface area contributed by atoms with Crippen molar-refractivity contribution in [1.82, 2.24) is 0 Å². The normalized spacial score (nSPS) is 10.7. The molecule has 0 bridgehead atoms. The summed E-state index contributed by atoms with van der Waals surface area (Å²) in [5.41, 5.74) is 0.881. The maximum Gasteiger partial charge on any atom is 0.163 e. The Morgan fingerprint density at radius 1 is 1.58 bits per heavy atom. The summed E-state index contributed by atoms with van der Waals surface area (Å²) in [4.78, 5) is 12.7. The van der Waals surface area contributed by atoms with Gasteiger partial charge in [-0.2, -0.15) is 0 Å². The van der Waals surface area contributed by atoms with Gasteiger partial charge in [0.2, 0.25) is 0 Å². The smallest absolute Gasteiger partial charge is 0.163 e. The fraction of sp³-hybridized carbons (Fsp3) is 0.500. The highest BCUT2D eigenvalue weighted by atomic mass is 32.1. The molecule has 0 aliphatic carbocycles. The van der Waals surface area contributed by atoms with Crippen molar-refractivity contribution in [3.63, 3.8) is 0 Å². The van der Waals surface area contributed by atoms with Gasteiger partial charge in [-0.05, 0) is 18.9 Å². The Hall–Kier alpha value is -0.630. The minimum atomic E-state index is 0.273. The quantitative estimate of drug-likeness (QED) is 0.656. The SMILES string of the molecule is Cc1cc(C(=O)CC(C)C)cs1. The van der Waals surface area contributed by atoms with Crippen LogP contribution in [0.5, 0.6) is 0 Å². The largest absolute Gasteiger partial charge is 0.294 e. The standard InChI is InChI=1S/C10H14OS/c1-7(2)4-10(11)9-5-8(3)12-6-9/h5-7H,4H2,1-3H3. The van der Waals surface area contributed by atoms with Crippen LogP contribution >= 0.6 is 11.3 Å². The molecule has 0 saturated heterocycles. The molecular formula is C10H14OS. The lowest BCUT2D eigenvalue weighted by molar-refractivity contribution is 0.0968. The highest BCUT2D eigenvalue weighted by Gasteiger charge is 2.08. The highest BCUT2D eigenvalue weighted by Crippen LogP contribution is 2.16. The van der Waals surface area contributed by atoms with Crippen LogP contribution in [0.3, 0.4) is 0 Å². The van der Waals surface area contributed by atoms with E-state index in [1.807, 2.05) is 18.4 Å². The molecule has 0 unspecified atom stereocenters. The number of thiophene rings is 1. The third-order valence-electron chi connectivity index (χ3n) is 1.65. The summed E-state index contributed by atoms with van der Waals surface area (Å²) in [6.07, 6.45) is 0.663. The minimum Gasteiger partial charge on any atom is -0.294 e. The third-order valence-corrected chi connectivity index (χ3v) is 2.51. The molecular weight excluding hydrogens is 168 g/mol. The number of Topliss-reactive ketones (excluding diaryl/α,β-unsaturated/α-hetero) is 1. The number of hydrogen-bond acceptors (Lipinski definition) is 2. The second-order valence-corrected chi connectivity index (χ2v) is 4.58. The number of rotatable bonds is 3. The average molecular weight is 182 g/mol. The van der Waals surface area contributed by atoms with Crippen LogP contribution < -0.4 is 0 Å². The van der Waals surface area contributed by atoms with Crippen LogP contribution in [-0.2, 0) is 0 Å². The summed E-state index contributed by atoms with van der Waals surface area (Å²) >= 11 is 1.64. The Morgan fingerprint density at radius 3 is 2.67 bits per heavy atom. The van der Waals surface area contributed by atoms with Gasteiger partial charge >= 0.3 is 0 Å². The Morgan fingerprint density at radius 2 is 2.25 bits per heavy atom. The average Bonchev–Trinajstić information content (AvgIpc) is 2.34. The number of aryl methyl sites for hydroxylation is 1. The van der Waals surface area contributed by atoms with E-state index < -0.39 is 0 Å². The zero-order valence-electron chi connectivity index (χ0n) is 7.76. The molecule has 0 aromatic carbocycles. The molecule has 1 aromatic rings. The molecule has 1 rings (SSSR count). The van der Waals surface area contributed by atoms with E-state index in [-0.39, 0.29) is 5.78 Å². The monoisotopic (exact) mass is 182 g/mol. The van der Waals surface area contributed by atoms with Crippen molar-refractivity contribution in [3.8, 4) is 0 Å². The Balaban J connectivity index is 2.65. The van der Waals surface area contributed by atoms with E-state index in [1.165, 1.54) is 4.88 Å². The minimum absolute atomic E-state index is 0.273. The van der Waals surface area contributed by atoms with E-state index in [9.17, 15) is 4.79 Å². The zero-order valence-corrected chi connectivity index (χ0v) is 8.57. The second-order valence-electron chi connectivity index (χ2n) is 3.47. The molecule has 0 fully saturated rings. The lowest BCUT2D eigenvalue weighted by Crippen LogP contribution is -2.01. The summed E-state index contributed by atoms with van der Waals surface area (Å²) in [5.74, 6) is 0.729. The van der Waals surface area contributed by atoms with Crippen LogP contribution in [-0.4, -0.2) is 5.78 Å². The fourth-order valence-corrected chi connectivity index (χ4v) is 1.79. The second kappa shape index (κ2) is 3.85. The van der Waals surface area contributed by atoms with Gasteiger partial charge in [0.05, 0.1) is 0 Å². The molecule has 1 aromatic heterocycles. The molecule has 0 atom stereocenters. The van der Waals surface area contributed by atoms with Crippen LogP contribution in [0.1, 0.15) is 35.5 Å². The topological polar surface area (TPSA) is 17.1 Å². The van der Waals surface area contributed by atoms with E-state index in [1.54, 1.807) is 11.3 Å². The molecule has 0 N–H and O–H groups in total. The van der Waals surface area contributed by atoms with E-state index in [0.717, 1.165) is 5.56 Å². The number of ketones is 1. The first-order valence-electron chi connectivity index (χ1n) is 4.18. The van der Waals surface area contributed by atoms with Gasteiger partial charge in [-0.3, -0.25) is 4.79 Å². The highest BCUT2D eigenvalue weighted by molar-refractivity contribution is 7.10. The van der Waals surface area contributed by atoms with E-state index in [2.05, 4.69) is 13.8 Å². The molecule has 0 aliphatic heterocycles. The van der Waals surface area contributed by atoms with Crippen LogP contribution in [0, 0.1) is 12.8 Å². The molecule has 0 radical (unpaired) electrons. The van der Waals surface area contributed by atoms with E-state index in [4.69, 9.17) is 0 Å². The molecule has 2 heteroatoms. The van der Waals surface area contributed by atoms with Gasteiger partial charge in [0, 0.05) is 22.2 Å².